The van der Waals surface area contributed by atoms with Crippen LogP contribution in [0, 0.1) is 51.7 Å². The van der Waals surface area contributed by atoms with Gasteiger partial charge in [-0.15, -0.1) is 0 Å². The fourth-order valence-electron chi connectivity index (χ4n) is 1.31. The topological polar surface area (TPSA) is 71.4 Å². The summed E-state index contributed by atoms with van der Waals surface area (Å²) in [6.45, 7) is 0. The van der Waals surface area contributed by atoms with E-state index in [-0.39, 0.29) is 5.92 Å². The summed E-state index contributed by atoms with van der Waals surface area (Å²) in [6.07, 6.45) is 4.10. The zero-order chi connectivity index (χ0) is 8.97. The van der Waals surface area contributed by atoms with Crippen LogP contribution in [0.1, 0.15) is 6.42 Å². The highest BCUT2D eigenvalue weighted by Crippen LogP contribution is 2.28. The van der Waals surface area contributed by atoms with E-state index < -0.39 is 11.8 Å². The maximum atomic E-state index is 8.71. The number of hydrogen-bond acceptors (Lipinski definition) is 3. The lowest BCUT2D eigenvalue weighted by atomic mass is 9.78. The van der Waals surface area contributed by atoms with Gasteiger partial charge in [0.25, 0.3) is 0 Å². The molecule has 0 aromatic heterocycles. The second kappa shape index (κ2) is 3.56. The highest BCUT2D eigenvalue weighted by molar-refractivity contribution is 5.17. The van der Waals surface area contributed by atoms with Crippen molar-refractivity contribution in [3.63, 3.8) is 0 Å². The molecule has 3 unspecified atom stereocenters. The monoisotopic (exact) mass is 157 g/mol. The summed E-state index contributed by atoms with van der Waals surface area (Å²) in [4.78, 5) is 0. The molecule has 0 aromatic rings. The van der Waals surface area contributed by atoms with Gasteiger partial charge in [-0.2, -0.15) is 15.8 Å². The molecule has 1 rings (SSSR count). The van der Waals surface area contributed by atoms with Gasteiger partial charge in [-0.1, -0.05) is 12.2 Å². The molecule has 1 aliphatic carbocycles. The first-order valence-electron chi connectivity index (χ1n) is 3.69. The maximum absolute atomic E-state index is 8.71. The summed E-state index contributed by atoms with van der Waals surface area (Å²) in [5, 5.41) is 26.0. The fourth-order valence-corrected chi connectivity index (χ4v) is 1.31. The minimum absolute atomic E-state index is 0.315. The lowest BCUT2D eigenvalue weighted by Gasteiger charge is -2.20. The molecule has 0 heterocycles. The summed E-state index contributed by atoms with van der Waals surface area (Å²) in [5.74, 6) is -1.18. The molecule has 0 spiro atoms. The van der Waals surface area contributed by atoms with Gasteiger partial charge in [-0.05, 0) is 6.42 Å². The van der Waals surface area contributed by atoms with Crippen molar-refractivity contribution >= 4 is 0 Å². The third-order valence-electron chi connectivity index (χ3n) is 2.02. The van der Waals surface area contributed by atoms with E-state index in [2.05, 4.69) is 0 Å². The van der Waals surface area contributed by atoms with Gasteiger partial charge in [-0.25, -0.2) is 0 Å². The Balaban J connectivity index is 2.90. The number of allylic oxidation sites excluding steroid dienone is 2. The van der Waals surface area contributed by atoms with Crippen molar-refractivity contribution in [3.8, 4) is 18.2 Å². The molecular formula is C9H7N3. The molecule has 0 fully saturated rings. The van der Waals surface area contributed by atoms with Crippen LogP contribution in [0.15, 0.2) is 12.2 Å². The number of hydrogen-bond donors (Lipinski definition) is 0. The van der Waals surface area contributed by atoms with Crippen LogP contribution in [0.3, 0.4) is 0 Å². The third-order valence-corrected chi connectivity index (χ3v) is 2.02. The number of nitrogens with zero attached hydrogens (tertiary/aromatic N) is 3. The Morgan fingerprint density at radius 3 is 2.33 bits per heavy atom. The zero-order valence-electron chi connectivity index (χ0n) is 6.44. The molecule has 3 nitrogen and oxygen atoms in total. The molecule has 0 aliphatic heterocycles. The molecule has 12 heavy (non-hydrogen) atoms. The van der Waals surface area contributed by atoms with Crippen LogP contribution in [0.25, 0.3) is 0 Å². The Hall–Kier alpha value is -1.79. The molecule has 0 saturated heterocycles. The van der Waals surface area contributed by atoms with Gasteiger partial charge < -0.3 is 0 Å². The van der Waals surface area contributed by atoms with E-state index in [0.29, 0.717) is 6.42 Å². The predicted octanol–water partition coefficient (Wildman–Crippen LogP) is 1.37. The normalized spacial score (nSPS) is 32.9. The highest BCUT2D eigenvalue weighted by Gasteiger charge is 2.30. The largest absolute Gasteiger partial charge is 0.198 e. The molecule has 0 N–H and O–H groups in total. The molecule has 0 bridgehead atoms. The Bertz CT molecular complexity index is 310. The van der Waals surface area contributed by atoms with Gasteiger partial charge in [0.05, 0.1) is 36.0 Å². The summed E-state index contributed by atoms with van der Waals surface area (Å²) in [5.41, 5.74) is 0. The van der Waals surface area contributed by atoms with Crippen LogP contribution < -0.4 is 0 Å². The number of rotatable bonds is 0. The van der Waals surface area contributed by atoms with Crippen LogP contribution in [-0.4, -0.2) is 0 Å². The van der Waals surface area contributed by atoms with E-state index in [0.717, 1.165) is 0 Å². The van der Waals surface area contributed by atoms with Crippen molar-refractivity contribution in [1.29, 1.82) is 15.8 Å². The van der Waals surface area contributed by atoms with Crippen LogP contribution in [0.2, 0.25) is 0 Å². The average molecular weight is 157 g/mol. The lowest BCUT2D eigenvalue weighted by molar-refractivity contribution is 0.427. The van der Waals surface area contributed by atoms with Crippen molar-refractivity contribution in [2.24, 2.45) is 17.8 Å². The van der Waals surface area contributed by atoms with Crippen molar-refractivity contribution in [3.05, 3.63) is 12.2 Å². The summed E-state index contributed by atoms with van der Waals surface area (Å²) >= 11 is 0. The van der Waals surface area contributed by atoms with E-state index in [9.17, 15) is 0 Å². The standard InChI is InChI=1S/C9H7N3/c10-4-7-2-1-3-8(5-11)9(7)6-12/h1-2,7-9H,3H2. The zero-order valence-corrected chi connectivity index (χ0v) is 6.44. The van der Waals surface area contributed by atoms with Gasteiger partial charge in [0.15, 0.2) is 0 Å². The first-order chi connectivity index (χ1) is 5.83. The Morgan fingerprint density at radius 2 is 1.83 bits per heavy atom. The Labute approximate surface area is 71.1 Å². The molecular weight excluding hydrogens is 150 g/mol. The Morgan fingerprint density at radius 1 is 1.08 bits per heavy atom. The maximum Gasteiger partial charge on any atom is 0.0817 e. The first kappa shape index (κ1) is 8.31. The molecule has 0 aromatic carbocycles. The molecule has 3 heteroatoms. The van der Waals surface area contributed by atoms with E-state index in [1.54, 1.807) is 12.2 Å². The van der Waals surface area contributed by atoms with Gasteiger partial charge in [0.2, 0.25) is 0 Å². The summed E-state index contributed by atoms with van der Waals surface area (Å²) < 4.78 is 0. The van der Waals surface area contributed by atoms with E-state index in [4.69, 9.17) is 15.8 Å². The minimum atomic E-state index is -0.454. The van der Waals surface area contributed by atoms with Crippen molar-refractivity contribution in [2.75, 3.05) is 0 Å². The summed E-state index contributed by atoms with van der Waals surface area (Å²) in [7, 11) is 0. The van der Waals surface area contributed by atoms with Crippen LogP contribution in [0.5, 0.6) is 0 Å². The molecule has 3 atom stereocenters. The van der Waals surface area contributed by atoms with E-state index >= 15 is 0 Å². The van der Waals surface area contributed by atoms with Crippen LogP contribution in [-0.2, 0) is 0 Å². The Kier molecular flexibility index (Phi) is 2.46. The van der Waals surface area contributed by atoms with E-state index in [1.807, 2.05) is 18.2 Å². The molecule has 1 aliphatic rings. The molecule has 58 valence electrons. The average Bonchev–Trinajstić information content (AvgIpc) is 2.16. The van der Waals surface area contributed by atoms with Gasteiger partial charge >= 0.3 is 0 Å². The first-order valence-corrected chi connectivity index (χ1v) is 3.69. The van der Waals surface area contributed by atoms with Gasteiger partial charge in [0, 0.05) is 0 Å². The van der Waals surface area contributed by atoms with Crippen molar-refractivity contribution in [1.82, 2.24) is 0 Å². The molecule has 0 amide bonds. The molecule has 0 saturated carbocycles. The quantitative estimate of drug-likeness (QED) is 0.498. The van der Waals surface area contributed by atoms with Crippen molar-refractivity contribution < 1.29 is 0 Å². The lowest BCUT2D eigenvalue weighted by Crippen LogP contribution is -2.21. The second-order valence-corrected chi connectivity index (χ2v) is 2.71. The smallest absolute Gasteiger partial charge is 0.0817 e. The SMILES string of the molecule is N#CC1C=CCC(C#N)C1C#N. The van der Waals surface area contributed by atoms with E-state index in [1.165, 1.54) is 0 Å². The fraction of sp³-hybridized carbons (Fsp3) is 0.444. The molecule has 0 radical (unpaired) electrons. The summed E-state index contributed by atoms with van der Waals surface area (Å²) in [6, 6.07) is 6.06. The minimum Gasteiger partial charge on any atom is -0.198 e. The van der Waals surface area contributed by atoms with Gasteiger partial charge in [-0.3, -0.25) is 0 Å². The number of nitriles is 3. The van der Waals surface area contributed by atoms with Crippen molar-refractivity contribution in [2.45, 2.75) is 6.42 Å². The highest BCUT2D eigenvalue weighted by atomic mass is 14.4. The predicted molar refractivity (Wildman–Crippen MR) is 41.1 cm³/mol. The van der Waals surface area contributed by atoms with Crippen LogP contribution >= 0.6 is 0 Å². The van der Waals surface area contributed by atoms with Crippen LogP contribution in [0.4, 0.5) is 0 Å². The third kappa shape index (κ3) is 1.29. The van der Waals surface area contributed by atoms with Gasteiger partial charge in [0.1, 0.15) is 0 Å². The second-order valence-electron chi connectivity index (χ2n) is 2.71.